The van der Waals surface area contributed by atoms with Crippen LogP contribution in [0.5, 0.6) is 0 Å². The maximum atomic E-state index is 5.83. The van der Waals surface area contributed by atoms with Crippen molar-refractivity contribution in [1.82, 2.24) is 5.43 Å². The third-order valence-corrected chi connectivity index (χ3v) is 6.49. The number of aryl methyl sites for hydroxylation is 1. The largest absolute Gasteiger partial charge is 0.271 e. The summed E-state index contributed by atoms with van der Waals surface area (Å²) >= 11 is 7.22. The van der Waals surface area contributed by atoms with Gasteiger partial charge in [-0.3, -0.25) is 11.3 Å². The number of hydrazine groups is 1. The summed E-state index contributed by atoms with van der Waals surface area (Å²) in [7, 11) is 0. The minimum Gasteiger partial charge on any atom is -0.271 e. The molecule has 2 nitrogen and oxygen atoms in total. The summed E-state index contributed by atoms with van der Waals surface area (Å²) in [5, 5.41) is 2.22. The van der Waals surface area contributed by atoms with E-state index in [2.05, 4.69) is 44.9 Å². The summed E-state index contributed by atoms with van der Waals surface area (Å²) in [6.07, 6.45) is 4.77. The zero-order valence-corrected chi connectivity index (χ0v) is 13.8. The fourth-order valence-corrected chi connectivity index (χ4v) is 5.47. The lowest BCUT2D eigenvalue weighted by Gasteiger charge is -2.30. The molecule has 0 aromatic carbocycles. The van der Waals surface area contributed by atoms with Gasteiger partial charge in [0.2, 0.25) is 0 Å². The number of hydrogen-bond donors (Lipinski definition) is 2. The molecule has 2 atom stereocenters. The number of nitrogens with one attached hydrogen (secondary N) is 1. The van der Waals surface area contributed by atoms with E-state index in [-0.39, 0.29) is 0 Å². The number of hydrogen-bond acceptors (Lipinski definition) is 4. The van der Waals surface area contributed by atoms with Gasteiger partial charge in [0, 0.05) is 21.7 Å². The van der Waals surface area contributed by atoms with Gasteiger partial charge in [-0.15, -0.1) is 22.7 Å². The Bertz CT molecular complexity index is 549. The average Bonchev–Trinajstić information content (AvgIpc) is 3.04. The van der Waals surface area contributed by atoms with Crippen LogP contribution in [-0.4, -0.2) is 6.04 Å². The van der Waals surface area contributed by atoms with Crippen molar-refractivity contribution >= 4 is 38.6 Å². The Hall–Kier alpha value is -0.200. The molecule has 19 heavy (non-hydrogen) atoms. The van der Waals surface area contributed by atoms with E-state index in [0.29, 0.717) is 12.0 Å². The molecular weight excluding hydrogens is 340 g/mol. The molecule has 0 radical (unpaired) electrons. The molecule has 2 heterocycles. The van der Waals surface area contributed by atoms with Crippen LogP contribution in [0.3, 0.4) is 0 Å². The average molecular weight is 357 g/mol. The lowest BCUT2D eigenvalue weighted by Crippen LogP contribution is -2.42. The molecule has 5 heteroatoms. The van der Waals surface area contributed by atoms with Crippen LogP contribution in [0.15, 0.2) is 27.4 Å². The molecule has 102 valence electrons. The van der Waals surface area contributed by atoms with Crippen LogP contribution < -0.4 is 11.3 Å². The smallest absolute Gasteiger partial charge is 0.0701 e. The summed E-state index contributed by atoms with van der Waals surface area (Å²) in [4.78, 5) is 2.95. The maximum absolute atomic E-state index is 5.83. The first-order valence-corrected chi connectivity index (χ1v) is 9.03. The van der Waals surface area contributed by atoms with E-state index in [9.17, 15) is 0 Å². The zero-order chi connectivity index (χ0) is 13.2. The van der Waals surface area contributed by atoms with Gasteiger partial charge in [-0.2, -0.15) is 0 Å². The monoisotopic (exact) mass is 356 g/mol. The summed E-state index contributed by atoms with van der Waals surface area (Å²) in [5.74, 6) is 6.39. The van der Waals surface area contributed by atoms with Gasteiger partial charge in [-0.05, 0) is 70.8 Å². The van der Waals surface area contributed by atoms with Gasteiger partial charge in [0.15, 0.2) is 0 Å². The fourth-order valence-electron chi connectivity index (χ4n) is 2.94. The number of thiophene rings is 2. The van der Waals surface area contributed by atoms with Crippen LogP contribution in [0.4, 0.5) is 0 Å². The third kappa shape index (κ3) is 2.95. The molecule has 0 saturated heterocycles. The highest BCUT2D eigenvalue weighted by molar-refractivity contribution is 9.11. The maximum Gasteiger partial charge on any atom is 0.0701 e. The van der Waals surface area contributed by atoms with E-state index in [0.717, 1.165) is 6.42 Å². The van der Waals surface area contributed by atoms with Gasteiger partial charge in [0.05, 0.1) is 3.79 Å². The van der Waals surface area contributed by atoms with Crippen molar-refractivity contribution in [3.05, 3.63) is 42.7 Å². The zero-order valence-electron chi connectivity index (χ0n) is 10.6. The predicted octanol–water partition coefficient (Wildman–Crippen LogP) is 4.07. The minimum atomic E-state index is 0.333. The second-order valence-corrected chi connectivity index (χ2v) is 8.53. The SMILES string of the molecule is NNC(Cc1ccc(Br)s1)C1CCCc2sccc21. The Morgan fingerprint density at radius 1 is 1.42 bits per heavy atom. The molecule has 3 rings (SSSR count). The van der Waals surface area contributed by atoms with Gasteiger partial charge in [-0.25, -0.2) is 0 Å². The van der Waals surface area contributed by atoms with Crippen LogP contribution in [0.1, 0.15) is 34.1 Å². The molecule has 0 aliphatic heterocycles. The Labute approximate surface area is 130 Å². The standard InChI is InChI=1S/C14H17BrN2S2/c15-14-5-4-9(19-14)8-12(17-16)10-2-1-3-13-11(10)6-7-18-13/h4-7,10,12,17H,1-3,8,16H2. The molecule has 0 bridgehead atoms. The molecule has 3 N–H and O–H groups in total. The fraction of sp³-hybridized carbons (Fsp3) is 0.429. The first-order valence-electron chi connectivity index (χ1n) is 6.54. The van der Waals surface area contributed by atoms with Crippen LogP contribution in [0.2, 0.25) is 0 Å². The molecular formula is C14H17BrN2S2. The predicted molar refractivity (Wildman–Crippen MR) is 86.8 cm³/mol. The van der Waals surface area contributed by atoms with Crippen molar-refractivity contribution in [2.75, 3.05) is 0 Å². The van der Waals surface area contributed by atoms with Crippen molar-refractivity contribution in [2.45, 2.75) is 37.6 Å². The van der Waals surface area contributed by atoms with Crippen LogP contribution in [0.25, 0.3) is 0 Å². The summed E-state index contributed by atoms with van der Waals surface area (Å²) in [5.41, 5.74) is 4.58. The molecule has 0 amide bonds. The summed E-state index contributed by atoms with van der Waals surface area (Å²) in [6.45, 7) is 0. The topological polar surface area (TPSA) is 38.0 Å². The van der Waals surface area contributed by atoms with Crippen molar-refractivity contribution < 1.29 is 0 Å². The van der Waals surface area contributed by atoms with Crippen molar-refractivity contribution in [3.8, 4) is 0 Å². The first-order chi connectivity index (χ1) is 9.28. The van der Waals surface area contributed by atoms with E-state index in [1.165, 1.54) is 33.5 Å². The Balaban J connectivity index is 1.80. The minimum absolute atomic E-state index is 0.333. The van der Waals surface area contributed by atoms with Crippen molar-refractivity contribution in [2.24, 2.45) is 5.84 Å². The van der Waals surface area contributed by atoms with Crippen molar-refractivity contribution in [3.63, 3.8) is 0 Å². The van der Waals surface area contributed by atoms with E-state index in [4.69, 9.17) is 5.84 Å². The Kier molecular flexibility index (Phi) is 4.39. The van der Waals surface area contributed by atoms with E-state index >= 15 is 0 Å². The van der Waals surface area contributed by atoms with E-state index in [1.54, 1.807) is 16.2 Å². The molecule has 0 spiro atoms. The number of fused-ring (bicyclic) bond motifs is 1. The van der Waals surface area contributed by atoms with Gasteiger partial charge in [-0.1, -0.05) is 0 Å². The highest BCUT2D eigenvalue weighted by Crippen LogP contribution is 2.38. The quantitative estimate of drug-likeness (QED) is 0.640. The second kappa shape index (κ2) is 6.06. The Morgan fingerprint density at radius 3 is 3.05 bits per heavy atom. The van der Waals surface area contributed by atoms with Crippen molar-refractivity contribution in [1.29, 1.82) is 0 Å². The molecule has 2 aromatic heterocycles. The molecule has 2 aromatic rings. The third-order valence-electron chi connectivity index (χ3n) is 3.85. The van der Waals surface area contributed by atoms with Gasteiger partial charge in [0.1, 0.15) is 0 Å². The van der Waals surface area contributed by atoms with Crippen LogP contribution >= 0.6 is 38.6 Å². The highest BCUT2D eigenvalue weighted by Gasteiger charge is 2.28. The van der Waals surface area contributed by atoms with Gasteiger partial charge >= 0.3 is 0 Å². The first kappa shape index (κ1) is 13.8. The van der Waals surface area contributed by atoms with Crippen LogP contribution in [-0.2, 0) is 12.8 Å². The van der Waals surface area contributed by atoms with Gasteiger partial charge in [0.25, 0.3) is 0 Å². The molecule has 1 aliphatic rings. The summed E-state index contributed by atoms with van der Waals surface area (Å²) in [6, 6.07) is 6.93. The molecule has 1 aliphatic carbocycles. The highest BCUT2D eigenvalue weighted by atomic mass is 79.9. The summed E-state index contributed by atoms with van der Waals surface area (Å²) < 4.78 is 1.19. The lowest BCUT2D eigenvalue weighted by molar-refractivity contribution is 0.399. The number of nitrogens with two attached hydrogens (primary N) is 1. The van der Waals surface area contributed by atoms with E-state index < -0.39 is 0 Å². The molecule has 0 fully saturated rings. The number of halogens is 1. The lowest BCUT2D eigenvalue weighted by atomic mass is 9.81. The second-order valence-electron chi connectivity index (χ2n) is 4.98. The Morgan fingerprint density at radius 2 is 2.32 bits per heavy atom. The number of rotatable bonds is 4. The van der Waals surface area contributed by atoms with Crippen LogP contribution in [0, 0.1) is 0 Å². The van der Waals surface area contributed by atoms with E-state index in [1.807, 2.05) is 11.3 Å². The molecule has 2 unspecified atom stereocenters. The molecule has 0 saturated carbocycles. The van der Waals surface area contributed by atoms with Gasteiger partial charge < -0.3 is 0 Å². The normalized spacial score (nSPS) is 20.2.